The summed E-state index contributed by atoms with van der Waals surface area (Å²) in [7, 11) is -5.32. The highest BCUT2D eigenvalue weighted by Crippen LogP contribution is 2.28. The summed E-state index contributed by atoms with van der Waals surface area (Å²) in [5.41, 5.74) is -5.32. The number of nitrogens with zero attached hydrogens (tertiary/aromatic N) is 2. The van der Waals surface area contributed by atoms with Crippen LogP contribution in [0.1, 0.15) is 19.8 Å². The predicted octanol–water partition coefficient (Wildman–Crippen LogP) is 1.12. The topological polar surface area (TPSA) is 73.8 Å². The van der Waals surface area contributed by atoms with Gasteiger partial charge in [-0.25, -0.2) is 22.2 Å². The Morgan fingerprint density at radius 3 is 2.30 bits per heavy atom. The maximum atomic E-state index is 12.5. The molecule has 0 spiro atoms. The predicted molar refractivity (Wildman–Crippen MR) is 74.7 cm³/mol. The highest BCUT2D eigenvalue weighted by molar-refractivity contribution is 7.90. The van der Waals surface area contributed by atoms with Gasteiger partial charge in [-0.15, -0.1) is 0 Å². The molecular formula is C11H19F5N4O2S. The largest absolute Gasteiger partial charge is 0.511 e. The maximum absolute atomic E-state index is 12.5. The van der Waals surface area contributed by atoms with E-state index in [-0.39, 0.29) is 37.9 Å². The van der Waals surface area contributed by atoms with E-state index in [0.29, 0.717) is 10.8 Å². The molecule has 0 amide bonds. The van der Waals surface area contributed by atoms with Gasteiger partial charge in [-0.2, -0.15) is 17.5 Å². The minimum absolute atomic E-state index is 0.119. The van der Waals surface area contributed by atoms with Crippen LogP contribution in [0.25, 0.3) is 0 Å². The summed E-state index contributed by atoms with van der Waals surface area (Å²) in [5.74, 6) is 0.130. The monoisotopic (exact) mass is 366 g/mol. The molecule has 0 aromatic carbocycles. The molecule has 0 aromatic rings. The van der Waals surface area contributed by atoms with E-state index < -0.39 is 28.5 Å². The van der Waals surface area contributed by atoms with Crippen molar-refractivity contribution >= 4 is 16.0 Å². The fraction of sp³-hybridized carbons (Fsp3) is 0.909. The molecule has 0 aliphatic carbocycles. The van der Waals surface area contributed by atoms with Gasteiger partial charge >= 0.3 is 15.5 Å². The van der Waals surface area contributed by atoms with Crippen molar-refractivity contribution in [2.24, 2.45) is 4.99 Å². The smallest absolute Gasteiger partial charge is 0.357 e. The number of sulfonamides is 1. The van der Waals surface area contributed by atoms with Crippen molar-refractivity contribution in [3.63, 3.8) is 0 Å². The van der Waals surface area contributed by atoms with Crippen molar-refractivity contribution in [3.05, 3.63) is 0 Å². The van der Waals surface area contributed by atoms with Crippen LogP contribution in [0.4, 0.5) is 22.0 Å². The van der Waals surface area contributed by atoms with Gasteiger partial charge in [0.05, 0.1) is 0 Å². The molecular weight excluding hydrogens is 347 g/mol. The van der Waals surface area contributed by atoms with Crippen LogP contribution >= 0.6 is 0 Å². The van der Waals surface area contributed by atoms with E-state index in [0.717, 1.165) is 0 Å². The molecule has 1 aliphatic heterocycles. The van der Waals surface area contributed by atoms with Crippen molar-refractivity contribution in [2.75, 3.05) is 26.2 Å². The molecule has 0 unspecified atom stereocenters. The van der Waals surface area contributed by atoms with Crippen molar-refractivity contribution in [3.8, 4) is 0 Å². The number of guanidine groups is 1. The van der Waals surface area contributed by atoms with E-state index in [4.69, 9.17) is 0 Å². The lowest BCUT2D eigenvalue weighted by atomic mass is 10.1. The first kappa shape index (κ1) is 19.9. The molecule has 136 valence electrons. The van der Waals surface area contributed by atoms with Gasteiger partial charge in [0, 0.05) is 25.7 Å². The average molecular weight is 366 g/mol. The molecule has 12 heteroatoms. The second kappa shape index (κ2) is 8.08. The summed E-state index contributed by atoms with van der Waals surface area (Å²) < 4.78 is 84.6. The van der Waals surface area contributed by atoms with Gasteiger partial charge in [-0.3, -0.25) is 0 Å². The molecule has 6 nitrogen and oxygen atoms in total. The number of piperidine rings is 1. The number of hydrogen-bond acceptors (Lipinski definition) is 3. The Balaban J connectivity index is 2.60. The highest BCUT2D eigenvalue weighted by atomic mass is 32.2. The van der Waals surface area contributed by atoms with Gasteiger partial charge < -0.3 is 10.6 Å². The Morgan fingerprint density at radius 2 is 1.87 bits per heavy atom. The van der Waals surface area contributed by atoms with Gasteiger partial charge in [-0.1, -0.05) is 0 Å². The van der Waals surface area contributed by atoms with Crippen LogP contribution in [0.3, 0.4) is 0 Å². The lowest BCUT2D eigenvalue weighted by Crippen LogP contribution is -2.51. The number of alkyl halides is 5. The first-order valence-corrected chi connectivity index (χ1v) is 8.41. The molecule has 1 rings (SSSR count). The van der Waals surface area contributed by atoms with E-state index >= 15 is 0 Å². The van der Waals surface area contributed by atoms with E-state index in [1.165, 1.54) is 0 Å². The number of aliphatic imine (C=N–C) groups is 1. The Bertz CT molecular complexity index is 501. The van der Waals surface area contributed by atoms with Gasteiger partial charge in [0.1, 0.15) is 6.54 Å². The number of hydrogen-bond donors (Lipinski definition) is 2. The van der Waals surface area contributed by atoms with E-state index in [2.05, 4.69) is 15.6 Å². The molecule has 0 radical (unpaired) electrons. The number of halogens is 5. The number of rotatable bonds is 5. The highest BCUT2D eigenvalue weighted by Gasteiger charge is 2.50. The summed E-state index contributed by atoms with van der Waals surface area (Å²) >= 11 is 0. The Labute approximate surface area is 131 Å². The van der Waals surface area contributed by atoms with Crippen LogP contribution in [0.5, 0.6) is 0 Å². The molecule has 1 fully saturated rings. The van der Waals surface area contributed by atoms with Gasteiger partial charge in [0.2, 0.25) is 0 Å². The second-order valence-electron chi connectivity index (χ2n) is 4.88. The van der Waals surface area contributed by atoms with Crippen molar-refractivity contribution in [1.29, 1.82) is 0 Å². The average Bonchev–Trinajstić information content (AvgIpc) is 2.44. The minimum Gasteiger partial charge on any atom is -0.357 e. The van der Waals surface area contributed by atoms with Crippen molar-refractivity contribution in [1.82, 2.24) is 14.9 Å². The third-order valence-electron chi connectivity index (χ3n) is 3.16. The lowest BCUT2D eigenvalue weighted by Gasteiger charge is -2.32. The zero-order chi connectivity index (χ0) is 17.7. The van der Waals surface area contributed by atoms with Crippen LogP contribution in [0, 0.1) is 0 Å². The molecule has 1 heterocycles. The zero-order valence-corrected chi connectivity index (χ0v) is 13.2. The third kappa shape index (κ3) is 5.75. The summed E-state index contributed by atoms with van der Waals surface area (Å²) in [6.45, 7) is 0.868. The van der Waals surface area contributed by atoms with Crippen LogP contribution in [-0.2, 0) is 10.0 Å². The summed E-state index contributed by atoms with van der Waals surface area (Å²) in [6.07, 6.45) is -2.37. The summed E-state index contributed by atoms with van der Waals surface area (Å²) in [5, 5.41) is 5.57. The molecule has 0 bridgehead atoms. The normalized spacial score (nSPS) is 19.2. The standard InChI is InChI=1S/C11H19F5N4O2S/c1-2-17-10(18-7-9(12)13)19-8-3-5-20(6-4-8)23(21,22)11(14,15)16/h8-9H,2-7H2,1H3,(H2,17,18,19). The zero-order valence-electron chi connectivity index (χ0n) is 12.4. The minimum atomic E-state index is -5.32. The van der Waals surface area contributed by atoms with Crippen molar-refractivity contribution in [2.45, 2.75) is 37.7 Å². The molecule has 1 aliphatic rings. The Morgan fingerprint density at radius 1 is 1.30 bits per heavy atom. The number of nitrogens with one attached hydrogen (secondary N) is 2. The van der Waals surface area contributed by atoms with E-state index in [9.17, 15) is 30.4 Å². The summed E-state index contributed by atoms with van der Waals surface area (Å²) in [4.78, 5) is 3.65. The van der Waals surface area contributed by atoms with Crippen LogP contribution in [-0.4, -0.2) is 62.8 Å². The van der Waals surface area contributed by atoms with Gasteiger partial charge in [0.25, 0.3) is 6.43 Å². The van der Waals surface area contributed by atoms with Crippen molar-refractivity contribution < 1.29 is 30.4 Å². The molecule has 2 N–H and O–H groups in total. The quantitative estimate of drug-likeness (QED) is 0.435. The Kier molecular flexibility index (Phi) is 6.99. The maximum Gasteiger partial charge on any atom is 0.511 e. The molecule has 23 heavy (non-hydrogen) atoms. The molecule has 0 atom stereocenters. The fourth-order valence-corrected chi connectivity index (χ4v) is 3.04. The Hall–Kier alpha value is -1.17. The fourth-order valence-electron chi connectivity index (χ4n) is 2.06. The molecule has 0 aromatic heterocycles. The first-order valence-electron chi connectivity index (χ1n) is 6.97. The van der Waals surface area contributed by atoms with E-state index in [1.807, 2.05) is 0 Å². The first-order chi connectivity index (χ1) is 10.6. The van der Waals surface area contributed by atoms with Gasteiger partial charge in [0.15, 0.2) is 5.96 Å². The summed E-state index contributed by atoms with van der Waals surface area (Å²) in [6, 6.07) is -0.342. The van der Waals surface area contributed by atoms with Crippen LogP contribution in [0.15, 0.2) is 4.99 Å². The van der Waals surface area contributed by atoms with Gasteiger partial charge in [-0.05, 0) is 19.8 Å². The lowest BCUT2D eigenvalue weighted by molar-refractivity contribution is -0.0494. The second-order valence-corrected chi connectivity index (χ2v) is 6.81. The molecule has 0 saturated carbocycles. The molecule has 1 saturated heterocycles. The third-order valence-corrected chi connectivity index (χ3v) is 4.79. The van der Waals surface area contributed by atoms with Crippen LogP contribution < -0.4 is 10.6 Å². The SMILES string of the molecule is CCNC(=NCC(F)F)NC1CCN(S(=O)(=O)C(F)(F)F)CC1. The van der Waals surface area contributed by atoms with Crippen LogP contribution in [0.2, 0.25) is 0 Å². The van der Waals surface area contributed by atoms with E-state index in [1.54, 1.807) is 6.92 Å².